The first-order chi connectivity index (χ1) is 13.5. The Labute approximate surface area is 165 Å². The predicted octanol–water partition coefficient (Wildman–Crippen LogP) is 3.80. The predicted molar refractivity (Wildman–Crippen MR) is 113 cm³/mol. The molecule has 0 saturated heterocycles. The van der Waals surface area contributed by atoms with Gasteiger partial charge < -0.3 is 15.2 Å². The van der Waals surface area contributed by atoms with Crippen molar-refractivity contribution in [3.8, 4) is 11.5 Å². The summed E-state index contributed by atoms with van der Waals surface area (Å²) in [5.41, 5.74) is 8.40. The van der Waals surface area contributed by atoms with Gasteiger partial charge in [0.05, 0.1) is 20.8 Å². The summed E-state index contributed by atoms with van der Waals surface area (Å²) in [4.78, 5) is 14.7. The van der Waals surface area contributed by atoms with Crippen LogP contribution < -0.4 is 15.2 Å². The highest BCUT2D eigenvalue weighted by molar-refractivity contribution is 6.01. The number of hydrogen-bond acceptors (Lipinski definition) is 5. The van der Waals surface area contributed by atoms with Gasteiger partial charge in [-0.1, -0.05) is 24.3 Å². The summed E-state index contributed by atoms with van der Waals surface area (Å²) in [6.45, 7) is 1.14. The summed E-state index contributed by atoms with van der Waals surface area (Å²) in [5, 5.41) is 2.06. The van der Waals surface area contributed by atoms with E-state index in [9.17, 15) is 4.79 Å². The molecule has 3 aromatic carbocycles. The lowest BCUT2D eigenvalue weighted by molar-refractivity contribution is 0.0947. The molecule has 3 aromatic rings. The van der Waals surface area contributed by atoms with Crippen LogP contribution in [0, 0.1) is 0 Å². The highest BCUT2D eigenvalue weighted by Crippen LogP contribution is 2.27. The SMILES string of the molecule is COc1ccc(CCN(C)CC(=O)c2ccc3cc(N)ccc3c2)cc1OC. The standard InChI is InChI=1S/C23H26N2O3/c1-25(11-10-16-4-9-22(27-2)23(12-16)28-3)15-21(26)19-6-5-18-14-20(24)8-7-17(18)13-19/h4-9,12-14H,10-11,15,24H2,1-3H3. The number of ether oxygens (including phenoxy) is 2. The molecule has 0 radical (unpaired) electrons. The van der Waals surface area contributed by atoms with Gasteiger partial charge in [-0.2, -0.15) is 0 Å². The first-order valence-electron chi connectivity index (χ1n) is 9.22. The van der Waals surface area contributed by atoms with Crippen LogP contribution in [0.4, 0.5) is 5.69 Å². The second-order valence-electron chi connectivity index (χ2n) is 6.92. The number of nitrogens with zero attached hydrogens (tertiary/aromatic N) is 1. The fourth-order valence-corrected chi connectivity index (χ4v) is 3.21. The van der Waals surface area contributed by atoms with E-state index >= 15 is 0 Å². The quantitative estimate of drug-likeness (QED) is 0.477. The van der Waals surface area contributed by atoms with E-state index in [2.05, 4.69) is 0 Å². The zero-order valence-corrected chi connectivity index (χ0v) is 16.6. The number of nitrogen functional groups attached to an aromatic ring is 1. The zero-order valence-electron chi connectivity index (χ0n) is 16.6. The van der Waals surface area contributed by atoms with Crippen LogP contribution in [-0.2, 0) is 6.42 Å². The van der Waals surface area contributed by atoms with Gasteiger partial charge in [0.25, 0.3) is 0 Å². The Kier molecular flexibility index (Phi) is 6.16. The highest BCUT2D eigenvalue weighted by Gasteiger charge is 2.11. The number of anilines is 1. The molecule has 2 N–H and O–H groups in total. The van der Waals surface area contributed by atoms with E-state index < -0.39 is 0 Å². The van der Waals surface area contributed by atoms with Gasteiger partial charge in [0.1, 0.15) is 0 Å². The first-order valence-corrected chi connectivity index (χ1v) is 9.22. The fraction of sp³-hybridized carbons (Fsp3) is 0.261. The van der Waals surface area contributed by atoms with Crippen molar-refractivity contribution in [3.05, 3.63) is 65.7 Å². The molecule has 0 aliphatic rings. The van der Waals surface area contributed by atoms with Gasteiger partial charge in [-0.15, -0.1) is 0 Å². The van der Waals surface area contributed by atoms with Gasteiger partial charge in [-0.05, 0) is 60.1 Å². The zero-order chi connectivity index (χ0) is 20.1. The summed E-state index contributed by atoms with van der Waals surface area (Å²) in [7, 11) is 5.21. The van der Waals surface area contributed by atoms with Crippen LogP contribution in [0.15, 0.2) is 54.6 Å². The summed E-state index contributed by atoms with van der Waals surface area (Å²) in [6.07, 6.45) is 0.821. The van der Waals surface area contributed by atoms with Gasteiger partial charge >= 0.3 is 0 Å². The number of ketones is 1. The molecule has 0 unspecified atom stereocenters. The number of carbonyl (C=O) groups is 1. The third-order valence-corrected chi connectivity index (χ3v) is 4.83. The number of nitrogens with two attached hydrogens (primary N) is 1. The average Bonchev–Trinajstić information content (AvgIpc) is 2.71. The Bertz CT molecular complexity index is 985. The molecule has 0 aliphatic carbocycles. The van der Waals surface area contributed by atoms with Crippen molar-refractivity contribution in [1.82, 2.24) is 4.90 Å². The molecule has 0 aromatic heterocycles. The summed E-state index contributed by atoms with van der Waals surface area (Å²) >= 11 is 0. The molecule has 5 nitrogen and oxygen atoms in total. The minimum absolute atomic E-state index is 0.105. The van der Waals surface area contributed by atoms with Crippen molar-refractivity contribution in [3.63, 3.8) is 0 Å². The minimum Gasteiger partial charge on any atom is -0.493 e. The molecule has 5 heteroatoms. The van der Waals surface area contributed by atoms with Crippen LogP contribution in [0.3, 0.4) is 0 Å². The maximum absolute atomic E-state index is 12.7. The van der Waals surface area contributed by atoms with E-state index in [1.165, 1.54) is 0 Å². The monoisotopic (exact) mass is 378 g/mol. The number of methoxy groups -OCH3 is 2. The molecule has 0 saturated carbocycles. The maximum Gasteiger partial charge on any atom is 0.176 e. The Morgan fingerprint density at radius 1 is 0.929 bits per heavy atom. The van der Waals surface area contributed by atoms with Crippen molar-refractivity contribution in [2.45, 2.75) is 6.42 Å². The van der Waals surface area contributed by atoms with Gasteiger partial charge in [-0.25, -0.2) is 0 Å². The Morgan fingerprint density at radius 2 is 1.64 bits per heavy atom. The normalized spacial score (nSPS) is 11.0. The molecule has 0 atom stereocenters. The summed E-state index contributed by atoms with van der Waals surface area (Å²) < 4.78 is 10.6. The first kappa shape index (κ1) is 19.7. The lowest BCUT2D eigenvalue weighted by Crippen LogP contribution is -2.28. The number of rotatable bonds is 8. The smallest absolute Gasteiger partial charge is 0.176 e. The molecular formula is C23H26N2O3. The lowest BCUT2D eigenvalue weighted by Gasteiger charge is -2.16. The van der Waals surface area contributed by atoms with E-state index in [-0.39, 0.29) is 5.78 Å². The third kappa shape index (κ3) is 4.61. The molecule has 0 bridgehead atoms. The van der Waals surface area contributed by atoms with Gasteiger partial charge in [0.15, 0.2) is 17.3 Å². The van der Waals surface area contributed by atoms with Crippen molar-refractivity contribution < 1.29 is 14.3 Å². The molecule has 0 spiro atoms. The fourth-order valence-electron chi connectivity index (χ4n) is 3.21. The maximum atomic E-state index is 12.7. The van der Waals surface area contributed by atoms with Gasteiger partial charge in [0.2, 0.25) is 0 Å². The van der Waals surface area contributed by atoms with Crippen LogP contribution in [0.2, 0.25) is 0 Å². The second kappa shape index (κ2) is 8.76. The summed E-state index contributed by atoms with van der Waals surface area (Å²) in [5.74, 6) is 1.54. The number of Topliss-reactive ketones (excluding diaryl/α,β-unsaturated/α-hetero) is 1. The molecular weight excluding hydrogens is 352 g/mol. The lowest BCUT2D eigenvalue weighted by atomic mass is 10.0. The van der Waals surface area contributed by atoms with E-state index in [0.717, 1.165) is 46.3 Å². The number of fused-ring (bicyclic) bond motifs is 1. The molecule has 0 heterocycles. The Morgan fingerprint density at radius 3 is 2.39 bits per heavy atom. The number of likely N-dealkylation sites (N-methyl/N-ethyl adjacent to an activating group) is 1. The third-order valence-electron chi connectivity index (χ3n) is 4.83. The molecule has 0 aliphatic heterocycles. The van der Waals surface area contributed by atoms with E-state index in [1.54, 1.807) is 14.2 Å². The van der Waals surface area contributed by atoms with Crippen LogP contribution >= 0.6 is 0 Å². The molecule has 0 fully saturated rings. The van der Waals surface area contributed by atoms with Crippen molar-refractivity contribution >= 4 is 22.2 Å². The van der Waals surface area contributed by atoms with Crippen molar-refractivity contribution in [2.75, 3.05) is 40.1 Å². The molecule has 28 heavy (non-hydrogen) atoms. The van der Waals surface area contributed by atoms with E-state index in [4.69, 9.17) is 15.2 Å². The van der Waals surface area contributed by atoms with Crippen LogP contribution in [0.25, 0.3) is 10.8 Å². The number of benzene rings is 3. The van der Waals surface area contributed by atoms with Gasteiger partial charge in [-0.3, -0.25) is 9.69 Å². The molecule has 146 valence electrons. The van der Waals surface area contributed by atoms with Gasteiger partial charge in [0, 0.05) is 17.8 Å². The van der Waals surface area contributed by atoms with Crippen LogP contribution in [0.1, 0.15) is 15.9 Å². The summed E-state index contributed by atoms with van der Waals surface area (Å²) in [6, 6.07) is 17.4. The largest absolute Gasteiger partial charge is 0.493 e. The number of hydrogen-bond donors (Lipinski definition) is 1. The number of carbonyl (C=O) groups excluding carboxylic acids is 1. The Balaban J connectivity index is 1.60. The van der Waals surface area contributed by atoms with Crippen molar-refractivity contribution in [2.24, 2.45) is 0 Å². The molecule has 3 rings (SSSR count). The average molecular weight is 378 g/mol. The topological polar surface area (TPSA) is 64.8 Å². The van der Waals surface area contributed by atoms with Crippen LogP contribution in [0.5, 0.6) is 11.5 Å². The molecule has 0 amide bonds. The Hall–Kier alpha value is -3.05. The van der Waals surface area contributed by atoms with E-state index in [1.807, 2.05) is 66.5 Å². The van der Waals surface area contributed by atoms with E-state index in [0.29, 0.717) is 12.3 Å². The highest BCUT2D eigenvalue weighted by atomic mass is 16.5. The minimum atomic E-state index is 0.105. The van der Waals surface area contributed by atoms with Crippen LogP contribution in [-0.4, -0.2) is 45.0 Å². The van der Waals surface area contributed by atoms with Crippen molar-refractivity contribution in [1.29, 1.82) is 0 Å². The second-order valence-corrected chi connectivity index (χ2v) is 6.92.